The van der Waals surface area contributed by atoms with E-state index < -0.39 is 97.5 Å². The van der Waals surface area contributed by atoms with Crippen molar-refractivity contribution < 1.29 is 80.2 Å². The summed E-state index contributed by atoms with van der Waals surface area (Å²) in [5.41, 5.74) is 0. The maximum Gasteiger partial charge on any atom is 0.472 e. The van der Waals surface area contributed by atoms with Gasteiger partial charge in [-0.25, -0.2) is 9.13 Å². The molecule has 17 nitrogen and oxygen atoms in total. The smallest absolute Gasteiger partial charge is 0.462 e. The Balaban J connectivity index is 5.26. The fourth-order valence-electron chi connectivity index (χ4n) is 9.36. The van der Waals surface area contributed by atoms with Crippen molar-refractivity contribution in [3.05, 3.63) is 24.3 Å². The lowest BCUT2D eigenvalue weighted by Crippen LogP contribution is -2.30. The summed E-state index contributed by atoms with van der Waals surface area (Å²) in [6.07, 6.45) is 46.6. The van der Waals surface area contributed by atoms with Crippen molar-refractivity contribution in [3.8, 4) is 0 Å². The van der Waals surface area contributed by atoms with Gasteiger partial charge in [-0.1, -0.05) is 258 Å². The standard InChI is InChI=1S/C66H124O17P2/c1-6-10-13-16-19-21-23-24-25-26-28-30-37-42-47-52-66(71)83-62(56-77-64(69)50-45-40-35-32-31-34-38-43-48-59(5)9-4)58-81-85(74,75)79-54-60(67)53-78-84(72,73)80-57-61(55-76-63(68)49-44-39-33-18-15-12-8-3)82-65(70)51-46-41-36-29-27-22-20-17-14-11-7-2/h21,23-25,59-62,67H,6-20,22,26-58H2,1-5H3,(H,72,73)(H,74,75)/b23-21-,25-24-/t59?,60-,61+,62+/m0/s1. The third-order valence-electron chi connectivity index (χ3n) is 15.0. The third-order valence-corrected chi connectivity index (χ3v) is 16.9. The van der Waals surface area contributed by atoms with Gasteiger partial charge in [0.25, 0.3) is 0 Å². The average Bonchev–Trinajstić information content (AvgIpc) is 3.58. The van der Waals surface area contributed by atoms with Gasteiger partial charge in [-0.15, -0.1) is 0 Å². The predicted molar refractivity (Wildman–Crippen MR) is 340 cm³/mol. The maximum absolute atomic E-state index is 13.0. The van der Waals surface area contributed by atoms with E-state index in [4.69, 9.17) is 37.0 Å². The highest BCUT2D eigenvalue weighted by atomic mass is 31.2. The summed E-state index contributed by atoms with van der Waals surface area (Å²) < 4.78 is 68.0. The Morgan fingerprint density at radius 1 is 0.376 bits per heavy atom. The van der Waals surface area contributed by atoms with Crippen LogP contribution in [0.1, 0.15) is 311 Å². The average molecular weight is 1250 g/mol. The maximum atomic E-state index is 13.0. The lowest BCUT2D eigenvalue weighted by Gasteiger charge is -2.21. The number of hydrogen-bond donors (Lipinski definition) is 3. The molecular formula is C66H124O17P2. The topological polar surface area (TPSA) is 237 Å². The first-order valence-corrected chi connectivity index (χ1v) is 37.0. The van der Waals surface area contributed by atoms with E-state index in [1.165, 1.54) is 109 Å². The summed E-state index contributed by atoms with van der Waals surface area (Å²) in [5.74, 6) is -1.39. The number of aliphatic hydroxyl groups excluding tert-OH is 1. The minimum Gasteiger partial charge on any atom is -0.462 e. The Morgan fingerprint density at radius 2 is 0.659 bits per heavy atom. The molecule has 0 rings (SSSR count). The predicted octanol–water partition coefficient (Wildman–Crippen LogP) is 18.1. The van der Waals surface area contributed by atoms with E-state index in [9.17, 15) is 43.2 Å². The molecular weight excluding hydrogens is 1130 g/mol. The summed E-state index contributed by atoms with van der Waals surface area (Å²) in [6.45, 7) is 7.10. The van der Waals surface area contributed by atoms with Crippen molar-refractivity contribution in [2.24, 2.45) is 5.92 Å². The molecule has 0 aromatic rings. The Hall–Kier alpha value is -2.46. The van der Waals surface area contributed by atoms with Crippen LogP contribution in [0.3, 0.4) is 0 Å². The normalized spacial score (nSPS) is 14.7. The number of esters is 4. The number of phosphoric acid groups is 2. The van der Waals surface area contributed by atoms with Crippen LogP contribution in [0.2, 0.25) is 0 Å². The Bertz CT molecular complexity index is 1750. The van der Waals surface area contributed by atoms with Gasteiger partial charge in [0, 0.05) is 25.7 Å². The fraction of sp³-hybridized carbons (Fsp3) is 0.879. The molecule has 0 aromatic carbocycles. The number of ether oxygens (including phenoxy) is 4. The van der Waals surface area contributed by atoms with Gasteiger partial charge < -0.3 is 33.8 Å². The molecule has 0 amide bonds. The number of unbranched alkanes of at least 4 members (excludes halogenated alkanes) is 32. The quantitative estimate of drug-likeness (QED) is 0.0169. The zero-order chi connectivity index (χ0) is 62.8. The zero-order valence-corrected chi connectivity index (χ0v) is 56.0. The highest BCUT2D eigenvalue weighted by Gasteiger charge is 2.30. The van der Waals surface area contributed by atoms with Crippen LogP contribution in [0.25, 0.3) is 0 Å². The van der Waals surface area contributed by atoms with Gasteiger partial charge in [0.15, 0.2) is 12.2 Å². The lowest BCUT2D eigenvalue weighted by molar-refractivity contribution is -0.161. The van der Waals surface area contributed by atoms with Gasteiger partial charge >= 0.3 is 39.5 Å². The molecule has 6 atom stereocenters. The van der Waals surface area contributed by atoms with Gasteiger partial charge in [0.05, 0.1) is 26.4 Å². The largest absolute Gasteiger partial charge is 0.472 e. The molecule has 0 aliphatic carbocycles. The highest BCUT2D eigenvalue weighted by Crippen LogP contribution is 2.45. The van der Waals surface area contributed by atoms with Crippen LogP contribution in [-0.2, 0) is 65.4 Å². The summed E-state index contributed by atoms with van der Waals surface area (Å²) in [7, 11) is -9.90. The van der Waals surface area contributed by atoms with Crippen molar-refractivity contribution in [2.45, 2.75) is 329 Å². The molecule has 0 spiro atoms. The summed E-state index contributed by atoms with van der Waals surface area (Å²) >= 11 is 0. The number of aliphatic hydroxyl groups is 1. The first-order chi connectivity index (χ1) is 41.1. The van der Waals surface area contributed by atoms with Gasteiger partial charge in [-0.05, 0) is 57.3 Å². The number of rotatable bonds is 64. The fourth-order valence-corrected chi connectivity index (χ4v) is 10.9. The van der Waals surface area contributed by atoms with Crippen molar-refractivity contribution in [2.75, 3.05) is 39.6 Å². The van der Waals surface area contributed by atoms with Crippen LogP contribution in [0, 0.1) is 5.92 Å². The van der Waals surface area contributed by atoms with Gasteiger partial charge in [-0.2, -0.15) is 0 Å². The molecule has 19 heteroatoms. The molecule has 0 fully saturated rings. The molecule has 0 aromatic heterocycles. The number of phosphoric ester groups is 2. The van der Waals surface area contributed by atoms with E-state index in [0.717, 1.165) is 121 Å². The number of allylic oxidation sites excluding steroid dienone is 4. The molecule has 3 N–H and O–H groups in total. The first kappa shape index (κ1) is 82.5. The summed E-state index contributed by atoms with van der Waals surface area (Å²) in [6, 6.07) is 0. The van der Waals surface area contributed by atoms with Crippen LogP contribution in [0.5, 0.6) is 0 Å². The second kappa shape index (κ2) is 59.2. The SMILES string of the molecule is CCCCCC/C=C\C=C/CCCCCCCC(=O)O[C@H](COC(=O)CCCCCCCCCCC(C)CC)COP(=O)(O)OC[C@@H](O)COP(=O)(O)OC[C@@H](COC(=O)CCCCCCCCC)OC(=O)CCCCCCCCCCCCC. The van der Waals surface area contributed by atoms with E-state index in [0.29, 0.717) is 25.7 Å². The van der Waals surface area contributed by atoms with Crippen molar-refractivity contribution in [1.82, 2.24) is 0 Å². The molecule has 0 heterocycles. The zero-order valence-electron chi connectivity index (χ0n) is 54.2. The molecule has 0 aliphatic heterocycles. The van der Waals surface area contributed by atoms with Gasteiger partial charge in [0.1, 0.15) is 19.3 Å². The minimum atomic E-state index is -4.95. The van der Waals surface area contributed by atoms with Crippen LogP contribution < -0.4 is 0 Å². The molecule has 3 unspecified atom stereocenters. The molecule has 0 radical (unpaired) electrons. The number of carbonyl (C=O) groups is 4. The Kier molecular flexibility index (Phi) is 57.5. The Morgan fingerprint density at radius 3 is 1.00 bits per heavy atom. The van der Waals surface area contributed by atoms with Crippen LogP contribution in [0.4, 0.5) is 0 Å². The van der Waals surface area contributed by atoms with Gasteiger partial charge in [-0.3, -0.25) is 37.3 Å². The van der Waals surface area contributed by atoms with E-state index in [1.54, 1.807) is 0 Å². The van der Waals surface area contributed by atoms with E-state index in [1.807, 2.05) is 0 Å². The molecule has 0 saturated heterocycles. The number of carbonyl (C=O) groups excluding carboxylic acids is 4. The monoisotopic (exact) mass is 1250 g/mol. The minimum absolute atomic E-state index is 0.0846. The molecule has 0 bridgehead atoms. The van der Waals surface area contributed by atoms with Gasteiger partial charge in [0.2, 0.25) is 0 Å². The summed E-state index contributed by atoms with van der Waals surface area (Å²) in [5, 5.41) is 10.5. The first-order valence-electron chi connectivity index (χ1n) is 34.0. The Labute approximate surface area is 516 Å². The van der Waals surface area contributed by atoms with Crippen molar-refractivity contribution in [3.63, 3.8) is 0 Å². The van der Waals surface area contributed by atoms with E-state index in [2.05, 4.69) is 58.9 Å². The molecule has 85 heavy (non-hydrogen) atoms. The lowest BCUT2D eigenvalue weighted by atomic mass is 9.99. The molecule has 500 valence electrons. The molecule has 0 aliphatic rings. The second-order valence-electron chi connectivity index (χ2n) is 23.4. The second-order valence-corrected chi connectivity index (χ2v) is 26.3. The number of hydrogen-bond acceptors (Lipinski definition) is 15. The van der Waals surface area contributed by atoms with Crippen LogP contribution in [0.15, 0.2) is 24.3 Å². The van der Waals surface area contributed by atoms with E-state index in [-0.39, 0.29) is 25.7 Å². The third kappa shape index (κ3) is 59.0. The van der Waals surface area contributed by atoms with Crippen LogP contribution in [-0.4, -0.2) is 96.7 Å². The van der Waals surface area contributed by atoms with Crippen molar-refractivity contribution >= 4 is 39.5 Å². The summed E-state index contributed by atoms with van der Waals surface area (Å²) in [4.78, 5) is 72.2. The van der Waals surface area contributed by atoms with Crippen LogP contribution >= 0.6 is 15.6 Å². The van der Waals surface area contributed by atoms with Crippen molar-refractivity contribution in [1.29, 1.82) is 0 Å². The van der Waals surface area contributed by atoms with E-state index >= 15 is 0 Å². The molecule has 0 saturated carbocycles. The highest BCUT2D eigenvalue weighted by molar-refractivity contribution is 7.47.